The molecule has 0 radical (unpaired) electrons. The molecule has 0 saturated carbocycles. The van der Waals surface area contributed by atoms with E-state index in [2.05, 4.69) is 5.32 Å². The molecule has 1 N–H and O–H groups in total. The minimum Gasteiger partial charge on any atom is -0.379 e. The van der Waals surface area contributed by atoms with Crippen LogP contribution in [0.4, 0.5) is 11.4 Å². The van der Waals surface area contributed by atoms with Crippen molar-refractivity contribution in [1.29, 1.82) is 0 Å². The van der Waals surface area contributed by atoms with Crippen LogP contribution in [0.2, 0.25) is 0 Å². The zero-order valence-electron chi connectivity index (χ0n) is 10.5. The lowest BCUT2D eigenvalue weighted by molar-refractivity contribution is -0.384. The molecule has 1 aliphatic rings. The van der Waals surface area contributed by atoms with Crippen molar-refractivity contribution in [3.05, 3.63) is 33.9 Å². The van der Waals surface area contributed by atoms with Gasteiger partial charge in [-0.05, 0) is 42.4 Å². The van der Waals surface area contributed by atoms with E-state index >= 15 is 0 Å². The summed E-state index contributed by atoms with van der Waals surface area (Å²) < 4.78 is 0. The number of thioether (sulfide) groups is 1. The summed E-state index contributed by atoms with van der Waals surface area (Å²) in [7, 11) is 0. The average Bonchev–Trinajstić information content (AvgIpc) is 2.46. The van der Waals surface area contributed by atoms with Crippen LogP contribution in [0.3, 0.4) is 0 Å². The molecule has 1 aromatic carbocycles. The molecule has 2 rings (SSSR count). The lowest BCUT2D eigenvalue weighted by atomic mass is 10.0. The summed E-state index contributed by atoms with van der Waals surface area (Å²) in [6.07, 6.45) is 2.92. The van der Waals surface area contributed by atoms with Gasteiger partial charge in [0.05, 0.1) is 4.92 Å². The van der Waals surface area contributed by atoms with E-state index in [1.165, 1.54) is 17.6 Å². The van der Waals surface area contributed by atoms with Crippen LogP contribution in [0.5, 0.6) is 0 Å². The summed E-state index contributed by atoms with van der Waals surface area (Å²) in [5, 5.41) is 14.1. The fourth-order valence-electron chi connectivity index (χ4n) is 2.13. The fourth-order valence-corrected chi connectivity index (χ4v) is 3.33. The maximum absolute atomic E-state index is 11.0. The highest BCUT2D eigenvalue weighted by Crippen LogP contribution is 2.27. The molecule has 5 nitrogen and oxygen atoms in total. The van der Waals surface area contributed by atoms with Crippen molar-refractivity contribution in [2.24, 2.45) is 5.92 Å². The van der Waals surface area contributed by atoms with Gasteiger partial charge in [-0.3, -0.25) is 14.9 Å². The van der Waals surface area contributed by atoms with Crippen molar-refractivity contribution < 1.29 is 9.72 Å². The normalized spacial score (nSPS) is 16.0. The molecule has 6 heteroatoms. The van der Waals surface area contributed by atoms with E-state index in [1.54, 1.807) is 12.1 Å². The number of anilines is 1. The Balaban J connectivity index is 2.06. The summed E-state index contributed by atoms with van der Waals surface area (Å²) >= 11 is 1.96. The third-order valence-corrected chi connectivity index (χ3v) is 4.33. The summed E-state index contributed by atoms with van der Waals surface area (Å²) in [6.45, 7) is 0.752. The van der Waals surface area contributed by atoms with Gasteiger partial charge in [0.2, 0.25) is 0 Å². The van der Waals surface area contributed by atoms with Gasteiger partial charge in [0.25, 0.3) is 5.69 Å². The maximum atomic E-state index is 11.0. The topological polar surface area (TPSA) is 72.2 Å². The molecule has 0 amide bonds. The van der Waals surface area contributed by atoms with Crippen LogP contribution in [0.25, 0.3) is 0 Å². The highest BCUT2D eigenvalue weighted by molar-refractivity contribution is 7.99. The Morgan fingerprint density at radius 2 is 2.16 bits per heavy atom. The molecule has 102 valence electrons. The van der Waals surface area contributed by atoms with Gasteiger partial charge in [0, 0.05) is 18.2 Å². The van der Waals surface area contributed by atoms with E-state index in [4.69, 9.17) is 0 Å². The SMILES string of the molecule is O=Cc1ccc(NCC2CCSCC2)c([N+](=O)[O-])c1. The number of rotatable bonds is 5. The first-order chi connectivity index (χ1) is 9.20. The second-order valence-electron chi connectivity index (χ2n) is 4.59. The predicted molar refractivity (Wildman–Crippen MR) is 77.0 cm³/mol. The first-order valence-electron chi connectivity index (χ1n) is 6.26. The number of aldehydes is 1. The zero-order chi connectivity index (χ0) is 13.7. The van der Waals surface area contributed by atoms with E-state index in [1.807, 2.05) is 11.8 Å². The van der Waals surface area contributed by atoms with Gasteiger partial charge in [-0.2, -0.15) is 11.8 Å². The first kappa shape index (κ1) is 13.9. The van der Waals surface area contributed by atoms with Crippen molar-refractivity contribution in [1.82, 2.24) is 0 Å². The fraction of sp³-hybridized carbons (Fsp3) is 0.462. The quantitative estimate of drug-likeness (QED) is 0.510. The van der Waals surface area contributed by atoms with Gasteiger partial charge in [0.1, 0.15) is 12.0 Å². The van der Waals surface area contributed by atoms with Crippen LogP contribution in [0.15, 0.2) is 18.2 Å². The largest absolute Gasteiger partial charge is 0.379 e. The number of nitrogens with zero attached hydrogens (tertiary/aromatic N) is 1. The second kappa shape index (κ2) is 6.56. The number of carbonyl (C=O) groups excluding carboxylic acids is 1. The number of hydrogen-bond acceptors (Lipinski definition) is 5. The molecule has 0 unspecified atom stereocenters. The molecule has 0 bridgehead atoms. The minimum absolute atomic E-state index is 0.0326. The van der Waals surface area contributed by atoms with E-state index in [9.17, 15) is 14.9 Å². The summed E-state index contributed by atoms with van der Waals surface area (Å²) in [5.74, 6) is 2.91. The summed E-state index contributed by atoms with van der Waals surface area (Å²) in [4.78, 5) is 21.2. The van der Waals surface area contributed by atoms with Crippen LogP contribution in [-0.4, -0.2) is 29.3 Å². The van der Waals surface area contributed by atoms with Crippen LogP contribution in [-0.2, 0) is 0 Å². The average molecular weight is 280 g/mol. The highest BCUT2D eigenvalue weighted by Gasteiger charge is 2.17. The van der Waals surface area contributed by atoms with E-state index < -0.39 is 4.92 Å². The Bertz CT molecular complexity index is 473. The Kier molecular flexibility index (Phi) is 4.79. The lowest BCUT2D eigenvalue weighted by Gasteiger charge is -2.21. The molecule has 0 aliphatic carbocycles. The number of carbonyl (C=O) groups is 1. The number of hydrogen-bond donors (Lipinski definition) is 1. The first-order valence-corrected chi connectivity index (χ1v) is 7.41. The maximum Gasteiger partial charge on any atom is 0.293 e. The van der Waals surface area contributed by atoms with Gasteiger partial charge in [0.15, 0.2) is 0 Å². The minimum atomic E-state index is -0.452. The van der Waals surface area contributed by atoms with Gasteiger partial charge in [-0.15, -0.1) is 0 Å². The zero-order valence-corrected chi connectivity index (χ0v) is 11.3. The van der Waals surface area contributed by atoms with Crippen molar-refractivity contribution in [3.8, 4) is 0 Å². The van der Waals surface area contributed by atoms with Crippen molar-refractivity contribution in [3.63, 3.8) is 0 Å². The number of nitro benzene ring substituents is 1. The summed E-state index contributed by atoms with van der Waals surface area (Å²) in [6, 6.07) is 4.52. The second-order valence-corrected chi connectivity index (χ2v) is 5.81. The van der Waals surface area contributed by atoms with Crippen molar-refractivity contribution >= 4 is 29.4 Å². The number of nitro groups is 1. The van der Waals surface area contributed by atoms with Crippen LogP contribution in [0, 0.1) is 16.0 Å². The molecule has 1 heterocycles. The summed E-state index contributed by atoms with van der Waals surface area (Å²) in [5.41, 5.74) is 0.787. The van der Waals surface area contributed by atoms with E-state index in [-0.39, 0.29) is 5.69 Å². The van der Waals surface area contributed by atoms with E-state index in [0.717, 1.165) is 19.4 Å². The van der Waals surface area contributed by atoms with Gasteiger partial charge < -0.3 is 5.32 Å². The molecule has 1 fully saturated rings. The molecule has 1 aromatic rings. The Hall–Kier alpha value is -1.56. The van der Waals surface area contributed by atoms with E-state index in [0.29, 0.717) is 23.5 Å². The molecular weight excluding hydrogens is 264 g/mol. The van der Waals surface area contributed by atoms with Crippen LogP contribution < -0.4 is 5.32 Å². The van der Waals surface area contributed by atoms with Crippen molar-refractivity contribution in [2.75, 3.05) is 23.4 Å². The predicted octanol–water partition coefficient (Wildman–Crippen LogP) is 2.96. The Labute approximate surface area is 115 Å². The standard InChI is InChI=1S/C13H16N2O3S/c16-9-11-1-2-12(13(7-11)15(17)18)14-8-10-3-5-19-6-4-10/h1-2,7,9-10,14H,3-6,8H2. The van der Waals surface area contributed by atoms with Gasteiger partial charge >= 0.3 is 0 Å². The molecule has 0 atom stereocenters. The lowest BCUT2D eigenvalue weighted by Crippen LogP contribution is -2.19. The molecule has 1 aliphatic heterocycles. The van der Waals surface area contributed by atoms with Gasteiger partial charge in [-0.25, -0.2) is 0 Å². The van der Waals surface area contributed by atoms with Crippen molar-refractivity contribution in [2.45, 2.75) is 12.8 Å². The monoisotopic (exact) mass is 280 g/mol. The number of nitrogens with one attached hydrogen (secondary N) is 1. The molecule has 19 heavy (non-hydrogen) atoms. The van der Waals surface area contributed by atoms with Crippen LogP contribution >= 0.6 is 11.8 Å². The van der Waals surface area contributed by atoms with Crippen LogP contribution in [0.1, 0.15) is 23.2 Å². The molecular formula is C13H16N2O3S. The van der Waals surface area contributed by atoms with Gasteiger partial charge in [-0.1, -0.05) is 0 Å². The third kappa shape index (κ3) is 3.70. The Morgan fingerprint density at radius 1 is 1.42 bits per heavy atom. The Morgan fingerprint density at radius 3 is 2.79 bits per heavy atom. The molecule has 0 spiro atoms. The molecule has 1 saturated heterocycles. The molecule has 0 aromatic heterocycles. The highest BCUT2D eigenvalue weighted by atomic mass is 32.2. The third-order valence-electron chi connectivity index (χ3n) is 3.28. The number of benzene rings is 1. The smallest absolute Gasteiger partial charge is 0.293 e.